The number of carbonyl (C=O) groups is 2. The number of nitrogens with zero attached hydrogens (tertiary/aromatic N) is 1. The van der Waals surface area contributed by atoms with Gasteiger partial charge in [0.2, 0.25) is 0 Å². The van der Waals surface area contributed by atoms with Crippen LogP contribution in [0.2, 0.25) is 0 Å². The van der Waals surface area contributed by atoms with E-state index >= 15 is 0 Å². The summed E-state index contributed by atoms with van der Waals surface area (Å²) in [6, 6.07) is 9.79. The maximum absolute atomic E-state index is 12.3. The Morgan fingerprint density at radius 3 is 2.27 bits per heavy atom. The second kappa shape index (κ2) is 9.03. The largest absolute Gasteiger partial charge is 0.628 e. The van der Waals surface area contributed by atoms with Crippen LogP contribution in [0.3, 0.4) is 0 Å². The molecule has 2 fully saturated rings. The maximum atomic E-state index is 12.3. The lowest BCUT2D eigenvalue weighted by Crippen LogP contribution is -2.49. The van der Waals surface area contributed by atoms with Crippen molar-refractivity contribution in [2.24, 2.45) is 5.92 Å². The van der Waals surface area contributed by atoms with Crippen LogP contribution in [-0.4, -0.2) is 43.1 Å². The SMILES string of the molecule is CC(C1CCCCC1)N1CC(=O)OB(/C=C/c2ccccc2)OC(=O)C1. The van der Waals surface area contributed by atoms with Gasteiger partial charge in [0, 0.05) is 6.04 Å². The molecule has 26 heavy (non-hydrogen) atoms. The molecule has 1 aliphatic carbocycles. The van der Waals surface area contributed by atoms with Crippen molar-refractivity contribution in [2.45, 2.75) is 45.1 Å². The molecule has 1 saturated heterocycles. The van der Waals surface area contributed by atoms with E-state index in [0.717, 1.165) is 18.4 Å². The van der Waals surface area contributed by atoms with Gasteiger partial charge < -0.3 is 9.31 Å². The molecule has 0 amide bonds. The molecule has 1 heterocycles. The van der Waals surface area contributed by atoms with Crippen LogP contribution in [0.5, 0.6) is 0 Å². The minimum absolute atomic E-state index is 0.127. The van der Waals surface area contributed by atoms with Crippen molar-refractivity contribution in [3.8, 4) is 0 Å². The zero-order valence-electron chi connectivity index (χ0n) is 15.3. The summed E-state index contributed by atoms with van der Waals surface area (Å²) in [4.78, 5) is 26.4. The summed E-state index contributed by atoms with van der Waals surface area (Å²) in [6.07, 6.45) is 7.83. The summed E-state index contributed by atoms with van der Waals surface area (Å²) in [5.74, 6) is 1.41. The summed E-state index contributed by atoms with van der Waals surface area (Å²) in [6.45, 7) is 2.36. The second-order valence-corrected chi connectivity index (χ2v) is 7.16. The molecule has 3 rings (SSSR count). The van der Waals surface area contributed by atoms with E-state index in [1.165, 1.54) is 19.3 Å². The fourth-order valence-electron chi connectivity index (χ4n) is 3.78. The van der Waals surface area contributed by atoms with E-state index in [1.54, 1.807) is 12.1 Å². The summed E-state index contributed by atoms with van der Waals surface area (Å²) < 4.78 is 10.7. The van der Waals surface area contributed by atoms with Crippen molar-refractivity contribution < 1.29 is 18.9 Å². The Kier molecular flexibility index (Phi) is 6.50. The van der Waals surface area contributed by atoms with E-state index in [4.69, 9.17) is 9.31 Å². The third-order valence-electron chi connectivity index (χ3n) is 5.31. The second-order valence-electron chi connectivity index (χ2n) is 7.16. The molecule has 138 valence electrons. The van der Waals surface area contributed by atoms with Crippen LogP contribution < -0.4 is 0 Å². The highest BCUT2D eigenvalue weighted by Crippen LogP contribution is 2.29. The van der Waals surface area contributed by atoms with Gasteiger partial charge in [-0.15, -0.1) is 0 Å². The molecule has 0 spiro atoms. The number of hydrogen-bond acceptors (Lipinski definition) is 5. The van der Waals surface area contributed by atoms with E-state index in [-0.39, 0.29) is 31.1 Å². The van der Waals surface area contributed by atoms with Gasteiger partial charge in [0.05, 0.1) is 13.1 Å². The summed E-state index contributed by atoms with van der Waals surface area (Å²) in [5, 5.41) is 0. The molecule has 0 aromatic heterocycles. The summed E-state index contributed by atoms with van der Waals surface area (Å²) in [5.41, 5.74) is 0.953. The van der Waals surface area contributed by atoms with Crippen molar-refractivity contribution >= 4 is 25.1 Å². The molecular weight excluding hydrogens is 329 g/mol. The number of benzene rings is 1. The van der Waals surface area contributed by atoms with Crippen molar-refractivity contribution in [1.82, 2.24) is 4.90 Å². The Hall–Kier alpha value is -2.08. The highest BCUT2D eigenvalue weighted by atomic mass is 16.6. The third kappa shape index (κ3) is 5.21. The Labute approximate surface area is 155 Å². The Morgan fingerprint density at radius 1 is 1.04 bits per heavy atom. The first-order valence-corrected chi connectivity index (χ1v) is 9.48. The van der Waals surface area contributed by atoms with Gasteiger partial charge in [0.25, 0.3) is 0 Å². The predicted molar refractivity (Wildman–Crippen MR) is 101 cm³/mol. The normalized spacial score (nSPS) is 21.8. The van der Waals surface area contributed by atoms with Gasteiger partial charge >= 0.3 is 19.1 Å². The van der Waals surface area contributed by atoms with Crippen LogP contribution in [0.1, 0.15) is 44.6 Å². The summed E-state index contributed by atoms with van der Waals surface area (Å²) in [7, 11) is -0.970. The number of rotatable bonds is 4. The molecule has 1 atom stereocenters. The zero-order valence-corrected chi connectivity index (χ0v) is 15.3. The topological polar surface area (TPSA) is 55.8 Å². The van der Waals surface area contributed by atoms with E-state index in [0.29, 0.717) is 5.92 Å². The van der Waals surface area contributed by atoms with Gasteiger partial charge in [-0.25, -0.2) is 0 Å². The molecule has 0 bridgehead atoms. The first-order valence-electron chi connectivity index (χ1n) is 9.48. The van der Waals surface area contributed by atoms with Crippen LogP contribution in [0.4, 0.5) is 0 Å². The monoisotopic (exact) mass is 355 g/mol. The molecule has 1 aromatic carbocycles. The maximum Gasteiger partial charge on any atom is 0.628 e. The summed E-state index contributed by atoms with van der Waals surface area (Å²) >= 11 is 0. The van der Waals surface area contributed by atoms with Crippen molar-refractivity contribution in [2.75, 3.05) is 13.1 Å². The van der Waals surface area contributed by atoms with E-state index in [2.05, 4.69) is 6.92 Å². The number of hydrogen-bond donors (Lipinski definition) is 0. The fraction of sp³-hybridized carbons (Fsp3) is 0.500. The van der Waals surface area contributed by atoms with Crippen LogP contribution in [0.15, 0.2) is 36.3 Å². The molecule has 0 N–H and O–H groups in total. The van der Waals surface area contributed by atoms with E-state index < -0.39 is 7.12 Å². The van der Waals surface area contributed by atoms with Crippen LogP contribution >= 0.6 is 0 Å². The van der Waals surface area contributed by atoms with Gasteiger partial charge in [-0.05, 0) is 37.2 Å². The standard InChI is InChI=1S/C20H26BNO4/c1-16(18-10-6-3-7-11-18)22-14-19(23)25-21(26-20(24)15-22)13-12-17-8-4-2-5-9-17/h2,4-5,8-9,12-13,16,18H,3,6-7,10-11,14-15H2,1H3/b13-12+. The zero-order chi connectivity index (χ0) is 18.4. The molecule has 5 nitrogen and oxygen atoms in total. The van der Waals surface area contributed by atoms with E-state index in [9.17, 15) is 9.59 Å². The Morgan fingerprint density at radius 2 is 1.65 bits per heavy atom. The van der Waals surface area contributed by atoms with Crippen LogP contribution in [-0.2, 0) is 18.9 Å². The first-order chi connectivity index (χ1) is 12.6. The van der Waals surface area contributed by atoms with Crippen LogP contribution in [0, 0.1) is 5.92 Å². The lowest BCUT2D eigenvalue weighted by Gasteiger charge is -2.36. The highest BCUT2D eigenvalue weighted by Gasteiger charge is 2.34. The molecule has 1 aromatic rings. The highest BCUT2D eigenvalue weighted by molar-refractivity contribution is 6.55. The number of carbonyl (C=O) groups excluding carboxylic acids is 2. The van der Waals surface area contributed by atoms with Crippen molar-refractivity contribution in [1.29, 1.82) is 0 Å². The minimum Gasteiger partial charge on any atom is -0.495 e. The molecular formula is C20H26BNO4. The molecule has 1 aliphatic heterocycles. The van der Waals surface area contributed by atoms with Gasteiger partial charge in [0.15, 0.2) is 0 Å². The molecule has 2 aliphatic rings. The van der Waals surface area contributed by atoms with Gasteiger partial charge in [0.1, 0.15) is 0 Å². The Bertz CT molecular complexity index is 622. The molecule has 1 unspecified atom stereocenters. The predicted octanol–water partition coefficient (Wildman–Crippen LogP) is 3.10. The third-order valence-corrected chi connectivity index (χ3v) is 5.31. The van der Waals surface area contributed by atoms with Gasteiger partial charge in [-0.1, -0.05) is 55.7 Å². The fourth-order valence-corrected chi connectivity index (χ4v) is 3.78. The lowest BCUT2D eigenvalue weighted by molar-refractivity contribution is -0.147. The molecule has 6 heteroatoms. The van der Waals surface area contributed by atoms with Crippen LogP contribution in [0.25, 0.3) is 6.08 Å². The average Bonchev–Trinajstić information content (AvgIpc) is 2.65. The minimum atomic E-state index is -0.970. The quantitative estimate of drug-likeness (QED) is 0.777. The van der Waals surface area contributed by atoms with Gasteiger partial charge in [-0.2, -0.15) is 0 Å². The van der Waals surface area contributed by atoms with Crippen molar-refractivity contribution in [3.05, 3.63) is 41.9 Å². The first kappa shape index (κ1) is 18.7. The van der Waals surface area contributed by atoms with E-state index in [1.807, 2.05) is 35.2 Å². The molecule has 0 radical (unpaired) electrons. The molecule has 1 saturated carbocycles. The van der Waals surface area contributed by atoms with Gasteiger partial charge in [-0.3, -0.25) is 14.5 Å². The van der Waals surface area contributed by atoms with Crippen molar-refractivity contribution in [3.63, 3.8) is 0 Å². The Balaban J connectivity index is 1.61. The smallest absolute Gasteiger partial charge is 0.495 e. The lowest BCUT2D eigenvalue weighted by atomic mass is 9.83. The average molecular weight is 355 g/mol.